The predicted octanol–water partition coefficient (Wildman–Crippen LogP) is 3.31. The van der Waals surface area contributed by atoms with Crippen LogP contribution in [0.2, 0.25) is 0 Å². The molecule has 0 bridgehead atoms. The van der Waals surface area contributed by atoms with Crippen molar-refractivity contribution in [2.45, 2.75) is 24.6 Å². The van der Waals surface area contributed by atoms with E-state index in [1.54, 1.807) is 12.1 Å². The van der Waals surface area contributed by atoms with E-state index >= 15 is 0 Å². The fraction of sp³-hybridized carbons (Fsp3) is 0.400. The van der Waals surface area contributed by atoms with Gasteiger partial charge < -0.3 is 0 Å². The lowest BCUT2D eigenvalue weighted by Gasteiger charge is -2.02. The third-order valence-electron chi connectivity index (χ3n) is 1.95. The van der Waals surface area contributed by atoms with Gasteiger partial charge in [-0.05, 0) is 18.4 Å². The standard InChI is InChI=1S/C10H12BrNO2/c1-8(11)5-6-9-3-2-4-10(7-9)12(13)14/h2-4,7-8H,5-6H2,1H3. The number of nitro benzene ring substituents is 1. The van der Waals surface area contributed by atoms with Crippen molar-refractivity contribution in [3.63, 3.8) is 0 Å². The van der Waals surface area contributed by atoms with Gasteiger partial charge in [-0.15, -0.1) is 0 Å². The van der Waals surface area contributed by atoms with Crippen molar-refractivity contribution >= 4 is 21.6 Å². The van der Waals surface area contributed by atoms with Crippen LogP contribution in [0.3, 0.4) is 0 Å². The maximum atomic E-state index is 10.5. The van der Waals surface area contributed by atoms with Gasteiger partial charge in [0.2, 0.25) is 0 Å². The van der Waals surface area contributed by atoms with E-state index in [2.05, 4.69) is 22.9 Å². The Morgan fingerprint density at radius 1 is 1.57 bits per heavy atom. The minimum Gasteiger partial charge on any atom is -0.258 e. The summed E-state index contributed by atoms with van der Waals surface area (Å²) in [6.45, 7) is 2.07. The molecule has 0 aliphatic heterocycles. The molecule has 1 atom stereocenters. The van der Waals surface area contributed by atoms with Gasteiger partial charge in [-0.2, -0.15) is 0 Å². The zero-order valence-electron chi connectivity index (χ0n) is 7.94. The van der Waals surface area contributed by atoms with Crippen molar-refractivity contribution in [1.82, 2.24) is 0 Å². The van der Waals surface area contributed by atoms with Gasteiger partial charge in [-0.1, -0.05) is 35.0 Å². The Labute approximate surface area is 91.4 Å². The van der Waals surface area contributed by atoms with Gasteiger partial charge in [0.05, 0.1) is 4.92 Å². The van der Waals surface area contributed by atoms with Crippen LogP contribution in [0.5, 0.6) is 0 Å². The number of non-ortho nitro benzene ring substituents is 1. The van der Waals surface area contributed by atoms with Gasteiger partial charge in [0.15, 0.2) is 0 Å². The average Bonchev–Trinajstić information content (AvgIpc) is 2.15. The van der Waals surface area contributed by atoms with E-state index in [0.29, 0.717) is 4.83 Å². The number of nitro groups is 1. The van der Waals surface area contributed by atoms with Gasteiger partial charge in [0.25, 0.3) is 5.69 Å². The monoisotopic (exact) mass is 257 g/mol. The number of halogens is 1. The molecule has 0 aliphatic rings. The van der Waals surface area contributed by atoms with Gasteiger partial charge in [0.1, 0.15) is 0 Å². The molecule has 0 fully saturated rings. The molecule has 14 heavy (non-hydrogen) atoms. The molecule has 0 radical (unpaired) electrons. The van der Waals surface area contributed by atoms with Crippen LogP contribution >= 0.6 is 15.9 Å². The Balaban J connectivity index is 2.69. The second kappa shape index (κ2) is 5.10. The summed E-state index contributed by atoms with van der Waals surface area (Å²) >= 11 is 3.45. The molecule has 0 saturated heterocycles. The first-order valence-electron chi connectivity index (χ1n) is 4.47. The SMILES string of the molecule is CC(Br)CCc1cccc([N+](=O)[O-])c1. The van der Waals surface area contributed by atoms with E-state index in [9.17, 15) is 10.1 Å². The van der Waals surface area contributed by atoms with Crippen LogP contribution in [-0.4, -0.2) is 9.75 Å². The first-order valence-corrected chi connectivity index (χ1v) is 5.38. The molecule has 1 rings (SSSR count). The van der Waals surface area contributed by atoms with Gasteiger partial charge in [-0.3, -0.25) is 10.1 Å². The van der Waals surface area contributed by atoms with E-state index in [4.69, 9.17) is 0 Å². The third kappa shape index (κ3) is 3.46. The lowest BCUT2D eigenvalue weighted by atomic mass is 10.1. The molecule has 3 nitrogen and oxygen atoms in total. The average molecular weight is 258 g/mol. The molecule has 76 valence electrons. The fourth-order valence-corrected chi connectivity index (χ4v) is 1.42. The van der Waals surface area contributed by atoms with E-state index in [1.807, 2.05) is 6.07 Å². The molecule has 1 unspecified atom stereocenters. The van der Waals surface area contributed by atoms with Crippen molar-refractivity contribution in [1.29, 1.82) is 0 Å². The second-order valence-corrected chi connectivity index (χ2v) is 4.81. The maximum Gasteiger partial charge on any atom is 0.269 e. The minimum atomic E-state index is -0.360. The van der Waals surface area contributed by atoms with Crippen LogP contribution in [0.1, 0.15) is 18.9 Å². The number of hydrogen-bond donors (Lipinski definition) is 0. The summed E-state index contributed by atoms with van der Waals surface area (Å²) in [7, 11) is 0. The Morgan fingerprint density at radius 2 is 2.29 bits per heavy atom. The van der Waals surface area contributed by atoms with Gasteiger partial charge in [0, 0.05) is 17.0 Å². The first kappa shape index (κ1) is 11.2. The van der Waals surface area contributed by atoms with E-state index in [0.717, 1.165) is 18.4 Å². The summed E-state index contributed by atoms with van der Waals surface area (Å²) in [5.74, 6) is 0. The van der Waals surface area contributed by atoms with Gasteiger partial charge in [-0.25, -0.2) is 0 Å². The fourth-order valence-electron chi connectivity index (χ4n) is 1.19. The minimum absolute atomic E-state index is 0.171. The smallest absolute Gasteiger partial charge is 0.258 e. The summed E-state index contributed by atoms with van der Waals surface area (Å²) < 4.78 is 0. The summed E-state index contributed by atoms with van der Waals surface area (Å²) in [5, 5.41) is 10.5. The molecule has 0 aliphatic carbocycles. The zero-order valence-corrected chi connectivity index (χ0v) is 9.53. The second-order valence-electron chi connectivity index (χ2n) is 3.25. The number of aryl methyl sites for hydroxylation is 1. The highest BCUT2D eigenvalue weighted by Crippen LogP contribution is 2.16. The molecule has 4 heteroatoms. The molecular weight excluding hydrogens is 246 g/mol. The molecule has 0 aromatic heterocycles. The molecule has 1 aromatic carbocycles. The molecule has 0 N–H and O–H groups in total. The summed E-state index contributed by atoms with van der Waals surface area (Å²) in [6, 6.07) is 6.80. The van der Waals surface area contributed by atoms with Crippen LogP contribution in [-0.2, 0) is 6.42 Å². The van der Waals surface area contributed by atoms with Crippen molar-refractivity contribution in [3.05, 3.63) is 39.9 Å². The van der Waals surface area contributed by atoms with E-state index in [-0.39, 0.29) is 10.6 Å². The Bertz CT molecular complexity index is 326. The largest absolute Gasteiger partial charge is 0.269 e. The highest BCUT2D eigenvalue weighted by molar-refractivity contribution is 9.09. The quantitative estimate of drug-likeness (QED) is 0.472. The highest BCUT2D eigenvalue weighted by atomic mass is 79.9. The van der Waals surface area contributed by atoms with Crippen molar-refractivity contribution in [2.24, 2.45) is 0 Å². The van der Waals surface area contributed by atoms with Crippen LogP contribution < -0.4 is 0 Å². The number of alkyl halides is 1. The normalized spacial score (nSPS) is 12.4. The van der Waals surface area contributed by atoms with Crippen LogP contribution in [0.25, 0.3) is 0 Å². The first-order chi connectivity index (χ1) is 6.59. The van der Waals surface area contributed by atoms with Crippen molar-refractivity contribution < 1.29 is 4.92 Å². The van der Waals surface area contributed by atoms with E-state index < -0.39 is 0 Å². The van der Waals surface area contributed by atoms with Crippen LogP contribution in [0.15, 0.2) is 24.3 Å². The highest BCUT2D eigenvalue weighted by Gasteiger charge is 2.05. The molecule has 0 saturated carbocycles. The molecule has 0 amide bonds. The lowest BCUT2D eigenvalue weighted by Crippen LogP contribution is -1.95. The Hall–Kier alpha value is -0.900. The molecule has 1 aromatic rings. The molecular formula is C10H12BrNO2. The number of nitrogens with zero attached hydrogens (tertiary/aromatic N) is 1. The maximum absolute atomic E-state index is 10.5. The summed E-state index contributed by atoms with van der Waals surface area (Å²) in [6.07, 6.45) is 1.86. The van der Waals surface area contributed by atoms with Gasteiger partial charge >= 0.3 is 0 Å². The van der Waals surface area contributed by atoms with E-state index in [1.165, 1.54) is 6.07 Å². The predicted molar refractivity (Wildman–Crippen MR) is 59.8 cm³/mol. The van der Waals surface area contributed by atoms with Crippen molar-refractivity contribution in [2.75, 3.05) is 0 Å². The molecule has 0 spiro atoms. The van der Waals surface area contributed by atoms with Crippen LogP contribution in [0.4, 0.5) is 5.69 Å². The van der Waals surface area contributed by atoms with Crippen LogP contribution in [0, 0.1) is 10.1 Å². The zero-order chi connectivity index (χ0) is 10.6. The lowest BCUT2D eigenvalue weighted by molar-refractivity contribution is -0.384. The molecule has 0 heterocycles. The Kier molecular flexibility index (Phi) is 4.07. The summed E-state index contributed by atoms with van der Waals surface area (Å²) in [5.41, 5.74) is 1.19. The third-order valence-corrected chi connectivity index (χ3v) is 2.41. The number of rotatable bonds is 4. The number of benzene rings is 1. The van der Waals surface area contributed by atoms with Crippen molar-refractivity contribution in [3.8, 4) is 0 Å². The number of hydrogen-bond acceptors (Lipinski definition) is 2. The Morgan fingerprint density at radius 3 is 2.86 bits per heavy atom. The summed E-state index contributed by atoms with van der Waals surface area (Å²) in [4.78, 5) is 10.6. The topological polar surface area (TPSA) is 43.1 Å².